The van der Waals surface area contributed by atoms with Gasteiger partial charge in [-0.25, -0.2) is 0 Å². The van der Waals surface area contributed by atoms with E-state index in [0.717, 1.165) is 5.56 Å². The first-order valence-electron chi connectivity index (χ1n) is 5.36. The molecule has 2 atom stereocenters. The van der Waals surface area contributed by atoms with Crippen molar-refractivity contribution in [3.63, 3.8) is 0 Å². The van der Waals surface area contributed by atoms with E-state index in [2.05, 4.69) is 0 Å². The van der Waals surface area contributed by atoms with Crippen molar-refractivity contribution in [3.05, 3.63) is 17.7 Å². The molecule has 17 heavy (non-hydrogen) atoms. The molecule has 2 unspecified atom stereocenters. The summed E-state index contributed by atoms with van der Waals surface area (Å²) < 4.78 is 15.7. The van der Waals surface area contributed by atoms with Crippen LogP contribution in [-0.2, 0) is 0 Å². The Morgan fingerprint density at radius 3 is 1.76 bits per heavy atom. The summed E-state index contributed by atoms with van der Waals surface area (Å²) in [5, 5.41) is 0. The van der Waals surface area contributed by atoms with E-state index in [1.165, 1.54) is 0 Å². The van der Waals surface area contributed by atoms with Gasteiger partial charge in [0.2, 0.25) is 0 Å². The second-order valence-corrected chi connectivity index (χ2v) is 3.83. The largest absolute Gasteiger partial charge is 0.496 e. The molecule has 0 bridgehead atoms. The number of hydrogen-bond acceptors (Lipinski definition) is 5. The van der Waals surface area contributed by atoms with E-state index in [-0.39, 0.29) is 12.1 Å². The van der Waals surface area contributed by atoms with E-state index >= 15 is 0 Å². The molecule has 1 aromatic carbocycles. The minimum atomic E-state index is -0.315. The quantitative estimate of drug-likeness (QED) is 0.804. The fourth-order valence-electron chi connectivity index (χ4n) is 1.60. The third-order valence-electron chi connectivity index (χ3n) is 2.66. The van der Waals surface area contributed by atoms with Gasteiger partial charge in [0, 0.05) is 23.7 Å². The predicted octanol–water partition coefficient (Wildman–Crippen LogP) is 1.06. The maximum absolute atomic E-state index is 6.03. The molecular weight excluding hydrogens is 220 g/mol. The van der Waals surface area contributed by atoms with Gasteiger partial charge in [-0.1, -0.05) is 0 Å². The highest BCUT2D eigenvalue weighted by Crippen LogP contribution is 2.37. The minimum absolute atomic E-state index is 0.179. The summed E-state index contributed by atoms with van der Waals surface area (Å²) in [4.78, 5) is 0. The Labute approximate surface area is 102 Å². The van der Waals surface area contributed by atoms with Crippen LogP contribution in [0.25, 0.3) is 0 Å². The van der Waals surface area contributed by atoms with Crippen molar-refractivity contribution >= 4 is 0 Å². The van der Waals surface area contributed by atoms with Crippen LogP contribution in [0.2, 0.25) is 0 Å². The zero-order valence-electron chi connectivity index (χ0n) is 10.7. The molecule has 0 fully saturated rings. The van der Waals surface area contributed by atoms with Crippen molar-refractivity contribution in [1.29, 1.82) is 0 Å². The molecule has 0 aliphatic rings. The van der Waals surface area contributed by atoms with Crippen molar-refractivity contribution in [2.75, 3.05) is 21.3 Å². The van der Waals surface area contributed by atoms with Crippen molar-refractivity contribution in [2.24, 2.45) is 11.5 Å². The van der Waals surface area contributed by atoms with E-state index in [1.54, 1.807) is 33.5 Å². The molecule has 0 spiro atoms. The molecule has 4 N–H and O–H groups in total. The topological polar surface area (TPSA) is 79.7 Å². The first-order valence-corrected chi connectivity index (χ1v) is 5.36. The maximum atomic E-state index is 6.03. The Kier molecular flexibility index (Phi) is 4.60. The van der Waals surface area contributed by atoms with Crippen molar-refractivity contribution in [3.8, 4) is 17.2 Å². The zero-order chi connectivity index (χ0) is 13.0. The van der Waals surface area contributed by atoms with Crippen LogP contribution in [0.4, 0.5) is 0 Å². The molecular formula is C12H20N2O3. The van der Waals surface area contributed by atoms with Crippen molar-refractivity contribution in [1.82, 2.24) is 0 Å². The first kappa shape index (κ1) is 13.6. The normalized spacial score (nSPS) is 14.0. The molecule has 0 heterocycles. The van der Waals surface area contributed by atoms with Gasteiger partial charge in [0.05, 0.1) is 21.3 Å². The Bertz CT molecular complexity index is 380. The molecule has 5 heteroatoms. The van der Waals surface area contributed by atoms with Crippen LogP contribution in [-0.4, -0.2) is 27.4 Å². The summed E-state index contributed by atoms with van der Waals surface area (Å²) >= 11 is 0. The number of nitrogens with two attached hydrogens (primary N) is 2. The third-order valence-corrected chi connectivity index (χ3v) is 2.66. The van der Waals surface area contributed by atoms with Gasteiger partial charge >= 0.3 is 0 Å². The Morgan fingerprint density at radius 2 is 1.35 bits per heavy atom. The lowest BCUT2D eigenvalue weighted by Gasteiger charge is -2.20. The second-order valence-electron chi connectivity index (χ2n) is 3.83. The van der Waals surface area contributed by atoms with Crippen LogP contribution in [0.3, 0.4) is 0 Å². The number of benzene rings is 1. The van der Waals surface area contributed by atoms with E-state index in [1.807, 2.05) is 6.92 Å². The van der Waals surface area contributed by atoms with Gasteiger partial charge in [0.1, 0.15) is 5.75 Å². The lowest BCUT2D eigenvalue weighted by Crippen LogP contribution is -2.31. The minimum Gasteiger partial charge on any atom is -0.496 e. The van der Waals surface area contributed by atoms with Gasteiger partial charge in [-0.3, -0.25) is 0 Å². The Morgan fingerprint density at radius 1 is 0.882 bits per heavy atom. The van der Waals surface area contributed by atoms with E-state index < -0.39 is 0 Å². The van der Waals surface area contributed by atoms with Gasteiger partial charge in [0.25, 0.3) is 0 Å². The monoisotopic (exact) mass is 240 g/mol. The maximum Gasteiger partial charge on any atom is 0.164 e. The molecule has 0 aliphatic carbocycles. The molecule has 0 radical (unpaired) electrons. The first-order chi connectivity index (χ1) is 8.04. The number of rotatable bonds is 5. The van der Waals surface area contributed by atoms with E-state index in [0.29, 0.717) is 17.2 Å². The van der Waals surface area contributed by atoms with Gasteiger partial charge in [-0.2, -0.15) is 0 Å². The highest BCUT2D eigenvalue weighted by Gasteiger charge is 2.19. The molecule has 0 amide bonds. The standard InChI is InChI=1S/C12H20N2O3/c1-7(13)12(14)8-5-10(16-3)11(17-4)6-9(8)15-2/h5-7,12H,13-14H2,1-4H3. The Balaban J connectivity index is 3.28. The van der Waals surface area contributed by atoms with Gasteiger partial charge in [-0.05, 0) is 13.0 Å². The highest BCUT2D eigenvalue weighted by molar-refractivity contribution is 5.52. The van der Waals surface area contributed by atoms with Gasteiger partial charge in [0.15, 0.2) is 11.5 Å². The molecule has 96 valence electrons. The lowest BCUT2D eigenvalue weighted by atomic mass is 10.0. The van der Waals surface area contributed by atoms with Crippen LogP contribution in [0, 0.1) is 0 Å². The van der Waals surface area contributed by atoms with Crippen LogP contribution in [0.1, 0.15) is 18.5 Å². The fourth-order valence-corrected chi connectivity index (χ4v) is 1.60. The summed E-state index contributed by atoms with van der Waals surface area (Å²) in [6.45, 7) is 1.85. The average molecular weight is 240 g/mol. The number of methoxy groups -OCH3 is 3. The lowest BCUT2D eigenvalue weighted by molar-refractivity contribution is 0.345. The van der Waals surface area contributed by atoms with Crippen molar-refractivity contribution < 1.29 is 14.2 Å². The molecule has 0 saturated carbocycles. The smallest absolute Gasteiger partial charge is 0.164 e. The van der Waals surface area contributed by atoms with Crippen LogP contribution in [0.5, 0.6) is 17.2 Å². The van der Waals surface area contributed by atoms with Crippen LogP contribution >= 0.6 is 0 Å². The molecule has 0 saturated heterocycles. The molecule has 0 aromatic heterocycles. The number of ether oxygens (including phenoxy) is 3. The summed E-state index contributed by atoms with van der Waals surface area (Å²) in [5.74, 6) is 1.86. The van der Waals surface area contributed by atoms with Crippen LogP contribution < -0.4 is 25.7 Å². The molecule has 1 rings (SSSR count). The summed E-state index contributed by atoms with van der Waals surface area (Å²) in [6.07, 6.45) is 0. The fraction of sp³-hybridized carbons (Fsp3) is 0.500. The highest BCUT2D eigenvalue weighted by atomic mass is 16.5. The van der Waals surface area contributed by atoms with Crippen LogP contribution in [0.15, 0.2) is 12.1 Å². The van der Waals surface area contributed by atoms with E-state index in [9.17, 15) is 0 Å². The predicted molar refractivity (Wildman–Crippen MR) is 66.7 cm³/mol. The Hall–Kier alpha value is -1.46. The average Bonchev–Trinajstić information content (AvgIpc) is 2.35. The molecule has 5 nitrogen and oxygen atoms in total. The zero-order valence-corrected chi connectivity index (χ0v) is 10.7. The van der Waals surface area contributed by atoms with Gasteiger partial charge < -0.3 is 25.7 Å². The van der Waals surface area contributed by atoms with Gasteiger partial charge in [-0.15, -0.1) is 0 Å². The molecule has 1 aromatic rings. The summed E-state index contributed by atoms with van der Waals surface area (Å²) in [7, 11) is 4.73. The third kappa shape index (κ3) is 2.81. The molecule has 0 aliphatic heterocycles. The van der Waals surface area contributed by atoms with Crippen molar-refractivity contribution in [2.45, 2.75) is 19.0 Å². The number of hydrogen-bond donors (Lipinski definition) is 2. The second kappa shape index (κ2) is 5.75. The summed E-state index contributed by atoms with van der Waals surface area (Å²) in [5.41, 5.74) is 12.6. The summed E-state index contributed by atoms with van der Waals surface area (Å²) in [6, 6.07) is 3.05. The SMILES string of the molecule is COc1cc(OC)c(C(N)C(C)N)cc1OC. The van der Waals surface area contributed by atoms with E-state index in [4.69, 9.17) is 25.7 Å².